The van der Waals surface area contributed by atoms with Crippen LogP contribution >= 0.6 is 11.8 Å². The molecule has 0 fully saturated rings. The lowest BCUT2D eigenvalue weighted by atomic mass is 10.2. The molecule has 10 nitrogen and oxygen atoms in total. The number of thioether (sulfide) groups is 1. The first-order valence-corrected chi connectivity index (χ1v) is 9.40. The molecule has 2 aromatic carbocycles. The van der Waals surface area contributed by atoms with Gasteiger partial charge in [0.05, 0.1) is 23.5 Å². The third kappa shape index (κ3) is 3.80. The first-order valence-electron chi connectivity index (χ1n) is 8.41. The number of rotatable bonds is 6. The molecule has 0 aliphatic carbocycles. The van der Waals surface area contributed by atoms with E-state index in [2.05, 4.69) is 25.5 Å². The van der Waals surface area contributed by atoms with E-state index in [9.17, 15) is 14.9 Å². The van der Waals surface area contributed by atoms with Crippen molar-refractivity contribution in [1.29, 1.82) is 0 Å². The van der Waals surface area contributed by atoms with Crippen molar-refractivity contribution in [3.63, 3.8) is 0 Å². The summed E-state index contributed by atoms with van der Waals surface area (Å²) in [6.45, 7) is 0. The second-order valence-electron chi connectivity index (χ2n) is 5.94. The smallest absolute Gasteiger partial charge is 0.271 e. The van der Waals surface area contributed by atoms with Gasteiger partial charge in [-0.05, 0) is 12.1 Å². The van der Waals surface area contributed by atoms with Gasteiger partial charge in [0.2, 0.25) is 11.1 Å². The number of carbonyl (C=O) groups excluding carboxylic acids is 1. The van der Waals surface area contributed by atoms with Crippen molar-refractivity contribution in [2.24, 2.45) is 0 Å². The molecule has 146 valence electrons. The molecule has 2 N–H and O–H groups in total. The summed E-state index contributed by atoms with van der Waals surface area (Å²) < 4.78 is 5.14. The number of aromatic amines is 1. The lowest BCUT2D eigenvalue weighted by Gasteiger charge is -2.09. The molecule has 4 rings (SSSR count). The maximum Gasteiger partial charge on any atom is 0.271 e. The van der Waals surface area contributed by atoms with Crippen LogP contribution in [0.4, 0.5) is 11.4 Å². The Morgan fingerprint density at radius 2 is 2.10 bits per heavy atom. The molecule has 11 heteroatoms. The van der Waals surface area contributed by atoms with Crippen molar-refractivity contribution >= 4 is 51.1 Å². The summed E-state index contributed by atoms with van der Waals surface area (Å²) >= 11 is 1.11. The number of methoxy groups -OCH3 is 1. The molecule has 0 bridgehead atoms. The van der Waals surface area contributed by atoms with E-state index >= 15 is 0 Å². The van der Waals surface area contributed by atoms with Crippen LogP contribution in [-0.2, 0) is 4.79 Å². The molecular weight excluding hydrogens is 396 g/mol. The van der Waals surface area contributed by atoms with Crippen molar-refractivity contribution in [3.05, 3.63) is 52.6 Å². The van der Waals surface area contributed by atoms with E-state index < -0.39 is 4.92 Å². The minimum Gasteiger partial charge on any atom is -0.495 e. The summed E-state index contributed by atoms with van der Waals surface area (Å²) in [5.41, 5.74) is 2.23. The number of ether oxygens (including phenoxy) is 1. The molecule has 2 heterocycles. The summed E-state index contributed by atoms with van der Waals surface area (Å²) in [7, 11) is 1.42. The summed E-state index contributed by atoms with van der Waals surface area (Å²) in [6.07, 6.45) is 0. The van der Waals surface area contributed by atoms with Crippen LogP contribution in [0.2, 0.25) is 0 Å². The maximum atomic E-state index is 12.3. The fraction of sp³-hybridized carbons (Fsp3) is 0.111. The van der Waals surface area contributed by atoms with Crippen molar-refractivity contribution in [2.45, 2.75) is 5.16 Å². The second-order valence-corrected chi connectivity index (χ2v) is 6.88. The Bertz CT molecular complexity index is 1240. The lowest BCUT2D eigenvalue weighted by Crippen LogP contribution is -2.15. The number of carbonyl (C=O) groups is 1. The number of non-ortho nitro benzene ring substituents is 1. The zero-order valence-electron chi connectivity index (χ0n) is 15.1. The van der Waals surface area contributed by atoms with E-state index in [0.29, 0.717) is 22.1 Å². The largest absolute Gasteiger partial charge is 0.495 e. The summed E-state index contributed by atoms with van der Waals surface area (Å²) in [5.74, 6) is -0.0558. The number of H-pyrrole nitrogens is 1. The number of para-hydroxylation sites is 1. The number of benzene rings is 2. The number of nitro groups is 1. The van der Waals surface area contributed by atoms with Gasteiger partial charge in [-0.25, -0.2) is 4.98 Å². The molecule has 0 saturated heterocycles. The first-order chi connectivity index (χ1) is 14.0. The fourth-order valence-electron chi connectivity index (χ4n) is 2.79. The van der Waals surface area contributed by atoms with Crippen molar-refractivity contribution in [2.75, 3.05) is 18.2 Å². The van der Waals surface area contributed by atoms with Crippen LogP contribution < -0.4 is 10.1 Å². The van der Waals surface area contributed by atoms with E-state index in [1.807, 2.05) is 24.3 Å². The van der Waals surface area contributed by atoms with Gasteiger partial charge in [-0.2, -0.15) is 0 Å². The van der Waals surface area contributed by atoms with E-state index in [0.717, 1.165) is 22.7 Å². The molecule has 29 heavy (non-hydrogen) atoms. The van der Waals surface area contributed by atoms with E-state index in [4.69, 9.17) is 4.74 Å². The number of nitro benzene ring substituents is 1. The van der Waals surface area contributed by atoms with Crippen LogP contribution in [0.5, 0.6) is 5.75 Å². The average molecular weight is 410 g/mol. The zero-order valence-corrected chi connectivity index (χ0v) is 15.9. The molecule has 0 aliphatic rings. The van der Waals surface area contributed by atoms with Gasteiger partial charge >= 0.3 is 0 Å². The van der Waals surface area contributed by atoms with E-state index in [1.165, 1.54) is 25.3 Å². The van der Waals surface area contributed by atoms with Crippen LogP contribution in [0.1, 0.15) is 0 Å². The molecular formula is C18H14N6O4S. The standard InChI is InChI=1S/C18H14N6O4S/c1-28-14-7-6-10(24(26)27)8-13(14)19-15(25)9-29-18-21-17-16(22-23-18)11-4-2-3-5-12(11)20-17/h2-8H,9H2,1H3,(H,19,25)(H,20,21,23). The number of nitrogens with zero attached hydrogens (tertiary/aromatic N) is 4. The Hall–Kier alpha value is -3.73. The highest BCUT2D eigenvalue weighted by atomic mass is 32.2. The quantitative estimate of drug-likeness (QED) is 0.281. The molecule has 1 amide bonds. The van der Waals surface area contributed by atoms with Crippen LogP contribution in [-0.4, -0.2) is 43.9 Å². The minimum absolute atomic E-state index is 0.000733. The van der Waals surface area contributed by atoms with Crippen LogP contribution in [0.25, 0.3) is 22.1 Å². The van der Waals surface area contributed by atoms with Crippen molar-refractivity contribution in [1.82, 2.24) is 20.2 Å². The van der Waals surface area contributed by atoms with Crippen LogP contribution in [0.3, 0.4) is 0 Å². The second kappa shape index (κ2) is 7.72. The number of anilines is 1. The zero-order chi connectivity index (χ0) is 20.4. The minimum atomic E-state index is -0.543. The SMILES string of the molecule is COc1ccc([N+](=O)[O-])cc1NC(=O)CSc1nnc2c(n1)[nH]c1ccccc12. The Kier molecular flexibility index (Phi) is 4.96. The number of nitrogens with one attached hydrogen (secondary N) is 2. The highest BCUT2D eigenvalue weighted by Gasteiger charge is 2.15. The Morgan fingerprint density at radius 3 is 2.90 bits per heavy atom. The predicted octanol–water partition coefficient (Wildman–Crippen LogP) is 3.15. The summed E-state index contributed by atoms with van der Waals surface area (Å²) in [6, 6.07) is 11.6. The molecule has 2 aromatic heterocycles. The Labute approximate surface area is 167 Å². The third-order valence-electron chi connectivity index (χ3n) is 4.10. The van der Waals surface area contributed by atoms with Gasteiger partial charge < -0.3 is 15.0 Å². The maximum absolute atomic E-state index is 12.3. The normalized spacial score (nSPS) is 10.9. The molecule has 0 unspecified atom stereocenters. The molecule has 4 aromatic rings. The van der Waals surface area contributed by atoms with Gasteiger partial charge in [0, 0.05) is 23.0 Å². The number of hydrogen-bond acceptors (Lipinski definition) is 8. The highest BCUT2D eigenvalue weighted by molar-refractivity contribution is 7.99. The third-order valence-corrected chi connectivity index (χ3v) is 4.94. The molecule has 0 radical (unpaired) electrons. The lowest BCUT2D eigenvalue weighted by molar-refractivity contribution is -0.384. The summed E-state index contributed by atoms with van der Waals surface area (Å²) in [4.78, 5) is 30.3. The molecule has 0 atom stereocenters. The number of amides is 1. The average Bonchev–Trinajstić information content (AvgIpc) is 3.10. The topological polar surface area (TPSA) is 136 Å². The van der Waals surface area contributed by atoms with Crippen LogP contribution in [0.15, 0.2) is 47.6 Å². The van der Waals surface area contributed by atoms with Crippen LogP contribution in [0, 0.1) is 10.1 Å². The van der Waals surface area contributed by atoms with Gasteiger partial charge in [-0.3, -0.25) is 14.9 Å². The van der Waals surface area contributed by atoms with Crippen molar-refractivity contribution in [3.8, 4) is 5.75 Å². The van der Waals surface area contributed by atoms with Crippen molar-refractivity contribution < 1.29 is 14.5 Å². The molecule has 0 aliphatic heterocycles. The predicted molar refractivity (Wildman–Crippen MR) is 108 cm³/mol. The monoisotopic (exact) mass is 410 g/mol. The number of fused-ring (bicyclic) bond motifs is 3. The Balaban J connectivity index is 1.48. The number of hydrogen-bond donors (Lipinski definition) is 2. The highest BCUT2D eigenvalue weighted by Crippen LogP contribution is 2.29. The Morgan fingerprint density at radius 1 is 1.28 bits per heavy atom. The first kappa shape index (κ1) is 18.6. The van der Waals surface area contributed by atoms with E-state index in [-0.39, 0.29) is 23.0 Å². The van der Waals surface area contributed by atoms with Gasteiger partial charge in [0.1, 0.15) is 11.3 Å². The molecule has 0 saturated carbocycles. The van der Waals surface area contributed by atoms with Gasteiger partial charge in [-0.1, -0.05) is 30.0 Å². The molecule has 0 spiro atoms. The van der Waals surface area contributed by atoms with Gasteiger partial charge in [0.15, 0.2) is 5.65 Å². The summed E-state index contributed by atoms with van der Waals surface area (Å²) in [5, 5.41) is 23.1. The van der Waals surface area contributed by atoms with Gasteiger partial charge in [-0.15, -0.1) is 10.2 Å². The number of aromatic nitrogens is 4. The van der Waals surface area contributed by atoms with E-state index in [1.54, 1.807) is 0 Å². The van der Waals surface area contributed by atoms with Gasteiger partial charge in [0.25, 0.3) is 5.69 Å². The fourth-order valence-corrected chi connectivity index (χ4v) is 3.38.